The third kappa shape index (κ3) is 13.5. The van der Waals surface area contributed by atoms with Gasteiger partial charge in [0.15, 0.2) is 0 Å². The van der Waals surface area contributed by atoms with Crippen LogP contribution in [0.2, 0.25) is 0 Å². The molecule has 0 unspecified atom stereocenters. The topological polar surface area (TPSA) is 174 Å². The van der Waals surface area contributed by atoms with Crippen LogP contribution in [-0.4, -0.2) is 105 Å². The maximum absolute atomic E-state index is 13.5. The van der Waals surface area contributed by atoms with Gasteiger partial charge in [-0.2, -0.15) is 0 Å². The molecule has 0 spiro atoms. The van der Waals surface area contributed by atoms with Gasteiger partial charge in [0, 0.05) is 60.8 Å². The number of ether oxygens (including phenoxy) is 3. The van der Waals surface area contributed by atoms with Crippen LogP contribution in [0.1, 0.15) is 80.7 Å². The van der Waals surface area contributed by atoms with Gasteiger partial charge in [0.1, 0.15) is 0 Å². The van der Waals surface area contributed by atoms with Crippen LogP contribution in [0.3, 0.4) is 0 Å². The molecular weight excluding hydrogens is 739 g/mol. The summed E-state index contributed by atoms with van der Waals surface area (Å²) in [4.78, 5) is 57.3. The molecule has 58 heavy (non-hydrogen) atoms. The zero-order valence-corrected chi connectivity index (χ0v) is 33.3. The van der Waals surface area contributed by atoms with Crippen LogP contribution in [0.5, 0.6) is 0 Å². The number of pyridine rings is 1. The maximum atomic E-state index is 13.5. The predicted octanol–water partition coefficient (Wildman–Crippen LogP) is 6.25. The van der Waals surface area contributed by atoms with E-state index in [4.69, 9.17) is 25.1 Å². The van der Waals surface area contributed by atoms with E-state index >= 15 is 0 Å². The van der Waals surface area contributed by atoms with E-state index in [0.29, 0.717) is 73.2 Å². The summed E-state index contributed by atoms with van der Waals surface area (Å²) in [7, 11) is 1.66. The fourth-order valence-corrected chi connectivity index (χ4v) is 6.82. The molecule has 2 heterocycles. The van der Waals surface area contributed by atoms with Crippen LogP contribution in [0.25, 0.3) is 11.3 Å². The number of aryl methyl sites for hydroxylation is 2. The molecule has 3 amide bonds. The number of carboxylic acids is 1. The summed E-state index contributed by atoms with van der Waals surface area (Å²) in [5, 5.41) is 11.6. The fourth-order valence-electron chi connectivity index (χ4n) is 6.82. The van der Waals surface area contributed by atoms with Crippen LogP contribution < -0.4 is 16.0 Å². The number of likely N-dealkylation sites (N-methyl/N-ethyl adjacent to an activating group) is 1. The lowest BCUT2D eigenvalue weighted by Gasteiger charge is -2.29. The van der Waals surface area contributed by atoms with E-state index in [0.717, 1.165) is 31.6 Å². The summed E-state index contributed by atoms with van der Waals surface area (Å²) in [6.45, 7) is 3.94. The first kappa shape index (κ1) is 43.5. The Balaban J connectivity index is 0.000000551. The lowest BCUT2D eigenvalue weighted by atomic mass is 9.92. The normalized spacial score (nSPS) is 13.4. The highest BCUT2D eigenvalue weighted by Gasteiger charge is 2.19. The van der Waals surface area contributed by atoms with Crippen molar-refractivity contribution >= 4 is 35.1 Å². The van der Waals surface area contributed by atoms with Gasteiger partial charge in [-0.05, 0) is 105 Å². The molecule has 4 aromatic rings. The Hall–Kier alpha value is -5.63. The monoisotopic (exact) mass is 793 g/mol. The summed E-state index contributed by atoms with van der Waals surface area (Å²) in [6.07, 6.45) is 10.2. The Morgan fingerprint density at radius 3 is 2.07 bits per heavy atom. The Morgan fingerprint density at radius 1 is 0.741 bits per heavy atom. The number of primary amides is 1. The van der Waals surface area contributed by atoms with Crippen molar-refractivity contribution in [3.63, 3.8) is 0 Å². The fraction of sp³-hybridized carbons (Fsp3) is 0.400. The van der Waals surface area contributed by atoms with Crippen molar-refractivity contribution in [1.29, 1.82) is 0 Å². The Kier molecular flexibility index (Phi) is 17.2. The number of carbonyl (C=O) groups excluding carboxylic acids is 3. The minimum atomic E-state index is -0.908. The zero-order valence-electron chi connectivity index (χ0n) is 33.3. The first-order valence-corrected chi connectivity index (χ1v) is 20.0. The van der Waals surface area contributed by atoms with E-state index in [9.17, 15) is 19.2 Å². The molecule has 1 aliphatic heterocycles. The van der Waals surface area contributed by atoms with Crippen LogP contribution in [-0.2, 0) is 31.8 Å². The first-order valence-electron chi connectivity index (χ1n) is 20.0. The number of nitrogens with zero attached hydrogens (tertiary/aromatic N) is 3. The molecule has 0 atom stereocenters. The van der Waals surface area contributed by atoms with Gasteiger partial charge in [0.2, 0.25) is 5.91 Å². The van der Waals surface area contributed by atoms with Crippen LogP contribution in [0.4, 0.5) is 11.4 Å². The highest BCUT2D eigenvalue weighted by atomic mass is 16.5. The summed E-state index contributed by atoms with van der Waals surface area (Å²) >= 11 is 0. The van der Waals surface area contributed by atoms with E-state index in [2.05, 4.69) is 39.5 Å². The van der Waals surface area contributed by atoms with E-state index in [1.54, 1.807) is 54.6 Å². The van der Waals surface area contributed by atoms with Gasteiger partial charge >= 0.3 is 5.97 Å². The third-order valence-electron chi connectivity index (χ3n) is 10.0. The molecule has 1 aliphatic carbocycles. The zero-order chi connectivity index (χ0) is 41.1. The van der Waals surface area contributed by atoms with Gasteiger partial charge in [-0.1, -0.05) is 30.3 Å². The summed E-state index contributed by atoms with van der Waals surface area (Å²) < 4.78 is 16.1. The number of anilines is 2. The van der Waals surface area contributed by atoms with Crippen molar-refractivity contribution in [2.45, 2.75) is 51.4 Å². The van der Waals surface area contributed by atoms with Crippen molar-refractivity contribution in [2.24, 2.45) is 5.73 Å². The number of carboxylic acid groups (broad SMARTS) is 1. The number of hydrogen-bond donors (Lipinski definition) is 3. The Bertz CT molecular complexity index is 1960. The number of hydrogen-bond acceptors (Lipinski definition) is 9. The van der Waals surface area contributed by atoms with Crippen LogP contribution in [0, 0.1) is 0 Å². The molecule has 3 aromatic carbocycles. The second-order valence-electron chi connectivity index (χ2n) is 14.3. The summed E-state index contributed by atoms with van der Waals surface area (Å²) in [5.41, 5.74) is 12.3. The number of piperidine rings is 1. The van der Waals surface area contributed by atoms with E-state index in [1.807, 2.05) is 18.2 Å². The van der Waals surface area contributed by atoms with Crippen LogP contribution in [0.15, 0.2) is 85.1 Å². The van der Waals surface area contributed by atoms with Crippen molar-refractivity contribution in [1.82, 2.24) is 9.88 Å². The van der Waals surface area contributed by atoms with Gasteiger partial charge in [0.05, 0.1) is 57.4 Å². The third-order valence-corrected chi connectivity index (χ3v) is 10.0. The number of benzene rings is 3. The number of amides is 3. The lowest BCUT2D eigenvalue weighted by Crippen LogP contribution is -2.30. The molecule has 1 aromatic heterocycles. The van der Waals surface area contributed by atoms with E-state index < -0.39 is 17.8 Å². The molecule has 0 bridgehead atoms. The van der Waals surface area contributed by atoms with Crippen LogP contribution >= 0.6 is 0 Å². The highest BCUT2D eigenvalue weighted by Crippen LogP contribution is 2.33. The Labute approximate surface area is 340 Å². The minimum Gasteiger partial charge on any atom is -0.481 e. The number of aromatic nitrogens is 1. The second kappa shape index (κ2) is 22.9. The number of aliphatic carboxylic acids is 1. The summed E-state index contributed by atoms with van der Waals surface area (Å²) in [5.74, 6) is -2.14. The van der Waals surface area contributed by atoms with Crippen molar-refractivity contribution in [2.75, 3.05) is 76.5 Å². The second-order valence-corrected chi connectivity index (χ2v) is 14.3. The number of nitrogens with one attached hydrogen (secondary N) is 1. The molecule has 2 aliphatic rings. The Morgan fingerprint density at radius 2 is 1.40 bits per heavy atom. The van der Waals surface area contributed by atoms with E-state index in [-0.39, 0.29) is 18.9 Å². The maximum Gasteiger partial charge on any atom is 0.305 e. The molecule has 1 fully saturated rings. The van der Waals surface area contributed by atoms with Crippen molar-refractivity contribution in [3.05, 3.63) is 113 Å². The standard InChI is InChI=1S/C35H43N5O8.C10H12/c1-39(15-17-47-19-21-48-20-18-46-16-11-32(41)42)35(45)27-7-5-6-26(22-27)34(44)38-30-9-8-28(40-13-3-2-4-14-40)24-29(30)31-23-25(33(36)43)10-12-37-31;1-2-6-10-8-4-3-7-9(10)5-1/h5-10,12,22-24H,2-4,11,13-21H2,1H3,(H2,36,43)(H,38,44)(H,41,42);1-2,5-6H,3-4,7-8H2. The summed E-state index contributed by atoms with van der Waals surface area (Å²) in [6, 6.07) is 24.2. The highest BCUT2D eigenvalue weighted by molar-refractivity contribution is 6.08. The van der Waals surface area contributed by atoms with Gasteiger partial charge in [-0.25, -0.2) is 0 Å². The first-order chi connectivity index (χ1) is 28.2. The smallest absolute Gasteiger partial charge is 0.305 e. The molecule has 6 rings (SSSR count). The van der Waals surface area contributed by atoms with Crippen molar-refractivity contribution in [3.8, 4) is 11.3 Å². The van der Waals surface area contributed by atoms with Gasteiger partial charge in [-0.15, -0.1) is 0 Å². The molecule has 1 saturated heterocycles. The predicted molar refractivity (Wildman–Crippen MR) is 223 cm³/mol. The average Bonchev–Trinajstić information content (AvgIpc) is 3.25. The number of rotatable bonds is 18. The SMILES string of the molecule is CN(CCOCCOCCOCCC(=O)O)C(=O)c1cccc(C(=O)Nc2ccc(N3CCCCC3)cc2-c2cc(C(N)=O)ccn2)c1.c1ccc2c(c1)CCCC2. The minimum absolute atomic E-state index is 0.0464. The quantitative estimate of drug-likeness (QED) is 0.0978. The number of fused-ring (bicyclic) bond motifs is 1. The molecule has 0 radical (unpaired) electrons. The molecule has 0 saturated carbocycles. The van der Waals surface area contributed by atoms with Gasteiger partial charge in [0.25, 0.3) is 11.8 Å². The number of carbonyl (C=O) groups is 4. The lowest BCUT2D eigenvalue weighted by molar-refractivity contribution is -0.138. The number of nitrogens with two attached hydrogens (primary N) is 1. The molecule has 13 heteroatoms. The molecule has 13 nitrogen and oxygen atoms in total. The van der Waals surface area contributed by atoms with Gasteiger partial charge in [-0.3, -0.25) is 24.2 Å². The molecule has 4 N–H and O–H groups in total. The van der Waals surface area contributed by atoms with E-state index in [1.165, 1.54) is 43.2 Å². The van der Waals surface area contributed by atoms with Gasteiger partial charge < -0.3 is 40.2 Å². The average molecular weight is 794 g/mol. The largest absolute Gasteiger partial charge is 0.481 e. The molecule has 308 valence electrons. The van der Waals surface area contributed by atoms with Crippen molar-refractivity contribution < 1.29 is 38.5 Å². The molecular formula is C45H55N5O8.